The molecule has 0 saturated heterocycles. The molecular weight excluding hydrogens is 430 g/mol. The molecule has 166 valence electrons. The Morgan fingerprint density at radius 3 is 2.67 bits per heavy atom. The van der Waals surface area contributed by atoms with E-state index >= 15 is 0 Å². The second-order valence-electron chi connectivity index (χ2n) is 6.86. The zero-order chi connectivity index (χ0) is 23.4. The van der Waals surface area contributed by atoms with E-state index in [0.29, 0.717) is 22.5 Å². The predicted octanol–water partition coefficient (Wildman–Crippen LogP) is 4.16. The van der Waals surface area contributed by atoms with Crippen LogP contribution in [0.4, 0.5) is 37.6 Å². The number of nitrogens with zero attached hydrogens (tertiary/aromatic N) is 5. The topological polar surface area (TPSA) is 110 Å². The Morgan fingerprint density at radius 1 is 1.09 bits per heavy atom. The van der Waals surface area contributed by atoms with Crippen LogP contribution in [-0.2, 0) is 11.8 Å². The molecule has 0 radical (unpaired) electrons. The maximum Gasteiger partial charge on any atom is 0.247 e. The van der Waals surface area contributed by atoms with Gasteiger partial charge >= 0.3 is 0 Å². The number of halogens is 2. The van der Waals surface area contributed by atoms with Crippen LogP contribution in [0.3, 0.4) is 0 Å². The lowest BCUT2D eigenvalue weighted by molar-refractivity contribution is -0.111. The fraction of sp³-hybridized carbons (Fsp3) is 0.0455. The highest BCUT2D eigenvalue weighted by Gasteiger charge is 2.14. The number of aryl methyl sites for hydroxylation is 1. The maximum atomic E-state index is 14.6. The Labute approximate surface area is 187 Å². The first-order chi connectivity index (χ1) is 15.9. The van der Waals surface area contributed by atoms with Gasteiger partial charge in [-0.2, -0.15) is 14.5 Å². The Kier molecular flexibility index (Phi) is 6.02. The summed E-state index contributed by atoms with van der Waals surface area (Å²) in [5.41, 5.74) is 1.88. The fourth-order valence-corrected chi connectivity index (χ4v) is 2.95. The van der Waals surface area contributed by atoms with E-state index in [9.17, 15) is 13.6 Å². The summed E-state index contributed by atoms with van der Waals surface area (Å²) in [5, 5.41) is 12.6. The summed E-state index contributed by atoms with van der Waals surface area (Å²) < 4.78 is 29.9. The lowest BCUT2D eigenvalue weighted by atomic mass is 10.1. The molecule has 4 aromatic rings. The van der Waals surface area contributed by atoms with Gasteiger partial charge in [0.15, 0.2) is 0 Å². The molecule has 1 aromatic carbocycles. The lowest BCUT2D eigenvalue weighted by Crippen LogP contribution is -2.08. The van der Waals surface area contributed by atoms with Gasteiger partial charge in [0.1, 0.15) is 11.6 Å². The van der Waals surface area contributed by atoms with Crippen molar-refractivity contribution in [2.45, 2.75) is 0 Å². The van der Waals surface area contributed by atoms with Crippen LogP contribution in [0.5, 0.6) is 0 Å². The van der Waals surface area contributed by atoms with E-state index in [1.165, 1.54) is 36.7 Å². The van der Waals surface area contributed by atoms with E-state index in [0.717, 1.165) is 6.08 Å². The van der Waals surface area contributed by atoms with E-state index in [1.54, 1.807) is 30.2 Å². The third-order valence-corrected chi connectivity index (χ3v) is 4.46. The summed E-state index contributed by atoms with van der Waals surface area (Å²) in [5.74, 6) is -1.30. The number of carbonyl (C=O) groups is 1. The van der Waals surface area contributed by atoms with Gasteiger partial charge in [0.2, 0.25) is 17.8 Å². The minimum absolute atomic E-state index is 0.0404. The monoisotopic (exact) mass is 448 g/mol. The molecule has 0 saturated carbocycles. The fourth-order valence-electron chi connectivity index (χ4n) is 2.95. The van der Waals surface area contributed by atoms with E-state index < -0.39 is 17.7 Å². The molecule has 3 heterocycles. The molecule has 4 rings (SSSR count). The standard InChI is InChI=1S/C22H18F2N8O/c1-3-20(33)28-14-4-5-17(23)18(9-14)30-21-16(13-6-7-25-19(24)8-13)11-26-22(31-21)29-15-10-27-32(2)12-15/h3-12H,1H2,2H3,(H,28,33)(H2,26,29,30,31). The van der Waals surface area contributed by atoms with E-state index in [-0.39, 0.29) is 17.5 Å². The van der Waals surface area contributed by atoms with E-state index in [2.05, 4.69) is 42.6 Å². The molecule has 0 atom stereocenters. The predicted molar refractivity (Wildman–Crippen MR) is 120 cm³/mol. The van der Waals surface area contributed by atoms with Crippen molar-refractivity contribution < 1.29 is 13.6 Å². The smallest absolute Gasteiger partial charge is 0.247 e. The first kappa shape index (κ1) is 21.6. The molecule has 11 heteroatoms. The van der Waals surface area contributed by atoms with Crippen LogP contribution >= 0.6 is 0 Å². The highest BCUT2D eigenvalue weighted by molar-refractivity contribution is 5.99. The summed E-state index contributed by atoms with van der Waals surface area (Å²) >= 11 is 0. The average Bonchev–Trinajstić information content (AvgIpc) is 3.20. The second kappa shape index (κ2) is 9.22. The third-order valence-electron chi connectivity index (χ3n) is 4.46. The van der Waals surface area contributed by atoms with Crippen LogP contribution in [0.15, 0.2) is 67.8 Å². The maximum absolute atomic E-state index is 14.6. The van der Waals surface area contributed by atoms with Crippen molar-refractivity contribution in [3.8, 4) is 11.1 Å². The Morgan fingerprint density at radius 2 is 1.94 bits per heavy atom. The number of pyridine rings is 1. The van der Waals surface area contributed by atoms with Gasteiger partial charge in [0.25, 0.3) is 0 Å². The third kappa shape index (κ3) is 5.15. The van der Waals surface area contributed by atoms with Crippen LogP contribution in [0.1, 0.15) is 0 Å². The van der Waals surface area contributed by atoms with Gasteiger partial charge in [-0.15, -0.1) is 0 Å². The number of anilines is 5. The summed E-state index contributed by atoms with van der Waals surface area (Å²) in [6.45, 7) is 3.40. The Balaban J connectivity index is 1.74. The quantitative estimate of drug-likeness (QED) is 0.288. The first-order valence-electron chi connectivity index (χ1n) is 9.66. The molecule has 0 aliphatic heterocycles. The molecule has 3 aromatic heterocycles. The van der Waals surface area contributed by atoms with Crippen LogP contribution < -0.4 is 16.0 Å². The second-order valence-corrected chi connectivity index (χ2v) is 6.86. The number of aromatic nitrogens is 5. The van der Waals surface area contributed by atoms with Crippen molar-refractivity contribution in [2.75, 3.05) is 16.0 Å². The van der Waals surface area contributed by atoms with Gasteiger partial charge in [-0.05, 0) is 35.9 Å². The Bertz CT molecular complexity index is 1340. The van der Waals surface area contributed by atoms with Crippen LogP contribution in [0.25, 0.3) is 11.1 Å². The highest BCUT2D eigenvalue weighted by atomic mass is 19.1. The number of nitrogens with one attached hydrogen (secondary N) is 3. The van der Waals surface area contributed by atoms with E-state index in [1.807, 2.05) is 0 Å². The molecule has 0 aliphatic rings. The number of hydrogen-bond donors (Lipinski definition) is 3. The van der Waals surface area contributed by atoms with Gasteiger partial charge < -0.3 is 16.0 Å². The van der Waals surface area contributed by atoms with Gasteiger partial charge in [-0.1, -0.05) is 6.58 Å². The normalized spacial score (nSPS) is 10.5. The molecule has 3 N–H and O–H groups in total. The van der Waals surface area contributed by atoms with Crippen molar-refractivity contribution >= 4 is 34.7 Å². The number of rotatable bonds is 7. The van der Waals surface area contributed by atoms with Gasteiger partial charge in [-0.3, -0.25) is 9.48 Å². The zero-order valence-corrected chi connectivity index (χ0v) is 17.4. The number of benzene rings is 1. The molecule has 0 bridgehead atoms. The van der Waals surface area contributed by atoms with Gasteiger partial charge in [0, 0.05) is 43.0 Å². The Hall–Kier alpha value is -4.67. The van der Waals surface area contributed by atoms with Crippen molar-refractivity contribution in [2.24, 2.45) is 7.05 Å². The van der Waals surface area contributed by atoms with Crippen molar-refractivity contribution in [1.82, 2.24) is 24.7 Å². The number of carbonyl (C=O) groups excluding carboxylic acids is 1. The van der Waals surface area contributed by atoms with E-state index in [4.69, 9.17) is 0 Å². The molecule has 33 heavy (non-hydrogen) atoms. The highest BCUT2D eigenvalue weighted by Crippen LogP contribution is 2.31. The summed E-state index contributed by atoms with van der Waals surface area (Å²) in [7, 11) is 1.76. The van der Waals surface area contributed by atoms with Crippen molar-refractivity contribution in [1.29, 1.82) is 0 Å². The molecular formula is C22H18F2N8O. The van der Waals surface area contributed by atoms with Crippen LogP contribution in [0.2, 0.25) is 0 Å². The summed E-state index contributed by atoms with van der Waals surface area (Å²) in [6, 6.07) is 6.82. The number of amides is 1. The molecule has 0 unspecified atom stereocenters. The average molecular weight is 448 g/mol. The zero-order valence-electron chi connectivity index (χ0n) is 17.4. The SMILES string of the molecule is C=CC(=O)Nc1ccc(F)c(Nc2nc(Nc3cnn(C)c3)ncc2-c2ccnc(F)c2)c1. The summed E-state index contributed by atoms with van der Waals surface area (Å²) in [6.07, 6.45) is 7.21. The van der Waals surface area contributed by atoms with Gasteiger partial charge in [0.05, 0.1) is 17.6 Å². The molecule has 0 fully saturated rings. The van der Waals surface area contributed by atoms with Crippen LogP contribution in [-0.4, -0.2) is 30.6 Å². The van der Waals surface area contributed by atoms with Crippen molar-refractivity contribution in [3.63, 3.8) is 0 Å². The molecule has 0 spiro atoms. The molecule has 1 amide bonds. The minimum Gasteiger partial charge on any atom is -0.337 e. The largest absolute Gasteiger partial charge is 0.337 e. The lowest BCUT2D eigenvalue weighted by Gasteiger charge is -2.14. The summed E-state index contributed by atoms with van der Waals surface area (Å²) in [4.78, 5) is 23.9. The first-order valence-corrected chi connectivity index (χ1v) is 9.66. The van der Waals surface area contributed by atoms with Crippen LogP contribution in [0, 0.1) is 11.8 Å². The number of hydrogen-bond acceptors (Lipinski definition) is 7. The molecule has 0 aliphatic carbocycles. The minimum atomic E-state index is -0.684. The van der Waals surface area contributed by atoms with Crippen molar-refractivity contribution in [3.05, 3.63) is 79.5 Å². The molecule has 9 nitrogen and oxygen atoms in total. The van der Waals surface area contributed by atoms with Gasteiger partial charge in [-0.25, -0.2) is 14.4 Å².